The van der Waals surface area contributed by atoms with Crippen molar-refractivity contribution in [1.82, 2.24) is 5.15 Å². The summed E-state index contributed by atoms with van der Waals surface area (Å²) in [6.07, 6.45) is 21.8. The molecule has 0 heterocycles. The Kier molecular flexibility index (Phi) is 6.94. The molecule has 4 rings (SSSR count). The molecule has 0 spiro atoms. The first-order valence-electron chi connectivity index (χ1n) is 11.9. The van der Waals surface area contributed by atoms with Crippen LogP contribution in [0.3, 0.4) is 0 Å². The van der Waals surface area contributed by atoms with Crippen LogP contribution in [0, 0.1) is 0 Å². The Morgan fingerprint density at radius 3 is 1.41 bits per heavy atom. The number of benzene rings is 1. The lowest BCUT2D eigenvalue weighted by molar-refractivity contribution is 0.238. The summed E-state index contributed by atoms with van der Waals surface area (Å²) in [5.74, 6) is 1.01. The summed E-state index contributed by atoms with van der Waals surface area (Å²) in [5, 5.41) is 4.00. The van der Waals surface area contributed by atoms with E-state index in [1.54, 1.807) is 0 Å². The third-order valence-corrected chi connectivity index (χ3v) is 14.2. The summed E-state index contributed by atoms with van der Waals surface area (Å²) >= 11 is 0. The molecule has 3 saturated carbocycles. The minimum Gasteiger partial charge on any atom is -0.416 e. The van der Waals surface area contributed by atoms with E-state index in [2.05, 4.69) is 35.5 Å². The molecule has 0 aromatic heterocycles. The highest BCUT2D eigenvalue weighted by molar-refractivity contribution is 6.81. The minimum absolute atomic E-state index is 0.932. The number of hydrogen-bond donors (Lipinski definition) is 1. The predicted octanol–water partition coefficient (Wildman–Crippen LogP) is 7.52. The van der Waals surface area contributed by atoms with Crippen LogP contribution >= 0.6 is 0 Å². The Morgan fingerprint density at radius 1 is 0.593 bits per heavy atom. The van der Waals surface area contributed by atoms with Crippen LogP contribution in [0.2, 0.25) is 16.6 Å². The van der Waals surface area contributed by atoms with E-state index in [1.807, 2.05) is 0 Å². The van der Waals surface area contributed by atoms with E-state index < -0.39 is 8.24 Å². The van der Waals surface area contributed by atoms with Gasteiger partial charge in [-0.25, -0.2) is 0 Å². The van der Waals surface area contributed by atoms with Gasteiger partial charge in [0, 0.05) is 0 Å². The fraction of sp³-hybridized carbons (Fsp3) is 0.750. The van der Waals surface area contributed by atoms with E-state index in [-0.39, 0.29) is 0 Å². The molecule has 0 atom stereocenters. The van der Waals surface area contributed by atoms with Crippen molar-refractivity contribution < 1.29 is 4.84 Å². The normalized spacial score (nSPS) is 24.0. The third-order valence-electron chi connectivity index (χ3n) is 7.93. The number of rotatable bonds is 6. The molecule has 3 aliphatic rings. The van der Waals surface area contributed by atoms with E-state index >= 15 is 0 Å². The van der Waals surface area contributed by atoms with E-state index in [0.717, 1.165) is 22.4 Å². The first-order chi connectivity index (χ1) is 13.4. The zero-order valence-electron chi connectivity index (χ0n) is 17.1. The molecule has 3 fully saturated rings. The molecule has 0 bridgehead atoms. The molecule has 0 aliphatic heterocycles. The van der Waals surface area contributed by atoms with Gasteiger partial charge in [0.2, 0.25) is 0 Å². The van der Waals surface area contributed by atoms with Crippen LogP contribution in [0.5, 0.6) is 5.75 Å². The second-order valence-electron chi connectivity index (χ2n) is 9.45. The van der Waals surface area contributed by atoms with Crippen molar-refractivity contribution in [3.05, 3.63) is 30.3 Å². The van der Waals surface area contributed by atoms with Gasteiger partial charge < -0.3 is 4.84 Å². The van der Waals surface area contributed by atoms with Crippen molar-refractivity contribution in [2.75, 3.05) is 0 Å². The van der Waals surface area contributed by atoms with E-state index in [9.17, 15) is 0 Å². The number of hydrogen-bond acceptors (Lipinski definition) is 2. The molecule has 0 unspecified atom stereocenters. The van der Waals surface area contributed by atoms with Crippen molar-refractivity contribution in [3.63, 3.8) is 0 Å². The molecule has 0 amide bonds. The Bertz CT molecular complexity index is 499. The highest BCUT2D eigenvalue weighted by Crippen LogP contribution is 2.55. The van der Waals surface area contributed by atoms with Gasteiger partial charge in [0.05, 0.1) is 0 Å². The molecular weight excluding hydrogens is 346 g/mol. The Labute approximate surface area is 167 Å². The van der Waals surface area contributed by atoms with Crippen LogP contribution in [-0.2, 0) is 0 Å². The summed E-state index contributed by atoms with van der Waals surface area (Å²) in [7, 11) is -1.75. The van der Waals surface area contributed by atoms with Gasteiger partial charge in [-0.1, -0.05) is 115 Å². The molecule has 2 nitrogen and oxygen atoms in total. The quantitative estimate of drug-likeness (QED) is 0.404. The Morgan fingerprint density at radius 2 is 1.00 bits per heavy atom. The van der Waals surface area contributed by atoms with Crippen molar-refractivity contribution in [3.8, 4) is 5.75 Å². The fourth-order valence-electron chi connectivity index (χ4n) is 6.63. The average Bonchev–Trinajstić information content (AvgIpc) is 2.77. The first-order valence-corrected chi connectivity index (χ1v) is 14.1. The largest absolute Gasteiger partial charge is 0.416 e. The van der Waals surface area contributed by atoms with Crippen LogP contribution in [0.4, 0.5) is 0 Å². The molecule has 3 heteroatoms. The molecule has 0 saturated heterocycles. The van der Waals surface area contributed by atoms with E-state index in [1.165, 1.54) is 96.3 Å². The highest BCUT2D eigenvalue weighted by atomic mass is 28.3. The first kappa shape index (κ1) is 19.5. The molecule has 1 N–H and O–H groups in total. The molecule has 150 valence electrons. The van der Waals surface area contributed by atoms with Crippen molar-refractivity contribution >= 4 is 8.24 Å². The topological polar surface area (TPSA) is 21.3 Å². The van der Waals surface area contributed by atoms with Gasteiger partial charge in [-0.05, 0) is 28.8 Å². The summed E-state index contributed by atoms with van der Waals surface area (Å²) in [6, 6.07) is 10.5. The predicted molar refractivity (Wildman–Crippen MR) is 116 cm³/mol. The molecule has 0 radical (unpaired) electrons. The zero-order chi connectivity index (χ0) is 18.4. The summed E-state index contributed by atoms with van der Waals surface area (Å²) in [4.78, 5) is 6.44. The monoisotopic (exact) mass is 385 g/mol. The summed E-state index contributed by atoms with van der Waals surface area (Å²) in [5.41, 5.74) is 2.79. The maximum atomic E-state index is 6.44. The highest BCUT2D eigenvalue weighted by Gasteiger charge is 2.54. The zero-order valence-corrected chi connectivity index (χ0v) is 18.1. The Balaban J connectivity index is 1.64. The van der Waals surface area contributed by atoms with E-state index in [4.69, 9.17) is 4.84 Å². The molecule has 1 aromatic rings. The van der Waals surface area contributed by atoms with Crippen molar-refractivity contribution in [2.24, 2.45) is 0 Å². The third kappa shape index (κ3) is 4.45. The maximum absolute atomic E-state index is 6.44. The van der Waals surface area contributed by atoms with Crippen LogP contribution in [-0.4, -0.2) is 8.24 Å². The van der Waals surface area contributed by atoms with Crippen LogP contribution in [0.1, 0.15) is 96.3 Å². The van der Waals surface area contributed by atoms with E-state index in [0.29, 0.717) is 0 Å². The molecule has 27 heavy (non-hydrogen) atoms. The Hall–Kier alpha value is -0.803. The lowest BCUT2D eigenvalue weighted by atomic mass is 9.98. The van der Waals surface area contributed by atoms with Gasteiger partial charge >= 0.3 is 0 Å². The van der Waals surface area contributed by atoms with Crippen molar-refractivity contribution in [2.45, 2.75) is 113 Å². The standard InChI is InChI=1S/C24H39NOSi/c1-5-13-21(14-6-1)26-25-27(22-15-7-2-8-16-22,23-17-9-3-10-18-23)24-19-11-4-12-20-24/h1,5-6,13-14,22-25H,2-4,7-12,15-20H2. The van der Waals surface area contributed by atoms with Gasteiger partial charge in [-0.2, -0.15) is 5.15 Å². The molecule has 1 aromatic carbocycles. The number of para-hydroxylation sites is 1. The number of nitrogens with one attached hydrogen (secondary N) is 1. The minimum atomic E-state index is -1.75. The van der Waals surface area contributed by atoms with Crippen LogP contribution < -0.4 is 9.98 Å². The smallest absolute Gasteiger partial charge is 0.180 e. The molecular formula is C24H39NOSi. The average molecular weight is 386 g/mol. The van der Waals surface area contributed by atoms with Gasteiger partial charge in [0.25, 0.3) is 0 Å². The SMILES string of the molecule is c1ccc(ON[Si](C2CCCCC2)(C2CCCCC2)C2CCCCC2)cc1. The van der Waals surface area contributed by atoms with Gasteiger partial charge in [0.1, 0.15) is 5.75 Å². The maximum Gasteiger partial charge on any atom is 0.180 e. The lowest BCUT2D eigenvalue weighted by Crippen LogP contribution is -2.63. The second-order valence-corrected chi connectivity index (χ2v) is 14.0. The second kappa shape index (κ2) is 9.60. The van der Waals surface area contributed by atoms with Crippen LogP contribution in [0.25, 0.3) is 0 Å². The van der Waals surface area contributed by atoms with Gasteiger partial charge in [-0.3, -0.25) is 0 Å². The fourth-order valence-corrected chi connectivity index (χ4v) is 13.5. The molecule has 3 aliphatic carbocycles. The summed E-state index contributed by atoms with van der Waals surface area (Å²) in [6.45, 7) is 0. The summed E-state index contributed by atoms with van der Waals surface area (Å²) < 4.78 is 0. The van der Waals surface area contributed by atoms with Gasteiger partial charge in [0.15, 0.2) is 8.24 Å². The van der Waals surface area contributed by atoms with Crippen molar-refractivity contribution in [1.29, 1.82) is 0 Å². The van der Waals surface area contributed by atoms with Crippen LogP contribution in [0.15, 0.2) is 30.3 Å². The lowest BCUT2D eigenvalue weighted by Gasteiger charge is -2.52. The van der Waals surface area contributed by atoms with Gasteiger partial charge in [-0.15, -0.1) is 0 Å².